The van der Waals surface area contributed by atoms with Crippen LogP contribution in [0.2, 0.25) is 0 Å². The SMILES string of the molecule is Cn1cccc1C(=O)Nc1cccc(-c2nn3ccccc3c2-c2ccnc(Nc3ccc4c(c3)OCCO4)n2)c1. The maximum absolute atomic E-state index is 12.8. The molecule has 2 N–H and O–H groups in total. The molecule has 1 amide bonds. The number of fused-ring (bicyclic) bond motifs is 2. The van der Waals surface area contributed by atoms with Crippen molar-refractivity contribution in [2.24, 2.45) is 7.05 Å². The first-order valence-electron chi connectivity index (χ1n) is 13.1. The van der Waals surface area contributed by atoms with Crippen molar-refractivity contribution in [1.29, 1.82) is 0 Å². The number of hydrogen-bond acceptors (Lipinski definition) is 7. The minimum absolute atomic E-state index is 0.185. The summed E-state index contributed by atoms with van der Waals surface area (Å²) in [5, 5.41) is 11.2. The fourth-order valence-corrected chi connectivity index (χ4v) is 4.90. The highest BCUT2D eigenvalue weighted by molar-refractivity contribution is 6.03. The van der Waals surface area contributed by atoms with Gasteiger partial charge in [0.15, 0.2) is 11.5 Å². The van der Waals surface area contributed by atoms with Gasteiger partial charge in [0.2, 0.25) is 5.95 Å². The number of benzene rings is 2. The van der Waals surface area contributed by atoms with Crippen molar-refractivity contribution in [3.05, 3.63) is 103 Å². The zero-order valence-electron chi connectivity index (χ0n) is 22.1. The average Bonchev–Trinajstić information content (AvgIpc) is 3.61. The summed E-state index contributed by atoms with van der Waals surface area (Å²) in [5.74, 6) is 1.65. The average molecular weight is 544 g/mol. The monoisotopic (exact) mass is 543 g/mol. The van der Waals surface area contributed by atoms with Crippen LogP contribution in [0.4, 0.5) is 17.3 Å². The highest BCUT2D eigenvalue weighted by Crippen LogP contribution is 2.36. The summed E-state index contributed by atoms with van der Waals surface area (Å²) >= 11 is 0. The molecular weight excluding hydrogens is 518 g/mol. The molecule has 0 aliphatic carbocycles. The van der Waals surface area contributed by atoms with E-state index >= 15 is 0 Å². The van der Waals surface area contributed by atoms with E-state index in [0.29, 0.717) is 42.0 Å². The molecule has 10 nitrogen and oxygen atoms in total. The number of nitrogens with one attached hydrogen (secondary N) is 2. The molecule has 1 aliphatic rings. The molecule has 0 unspecified atom stereocenters. The zero-order valence-corrected chi connectivity index (χ0v) is 22.1. The number of hydrogen-bond donors (Lipinski definition) is 2. The fraction of sp³-hybridized carbons (Fsp3) is 0.0968. The Morgan fingerprint density at radius 1 is 0.878 bits per heavy atom. The molecule has 0 fully saturated rings. The van der Waals surface area contributed by atoms with Crippen molar-refractivity contribution in [3.8, 4) is 34.0 Å². The molecule has 10 heteroatoms. The normalized spacial score (nSPS) is 12.3. The molecule has 41 heavy (non-hydrogen) atoms. The van der Waals surface area contributed by atoms with Gasteiger partial charge in [-0.05, 0) is 54.6 Å². The Labute approximate surface area is 235 Å². The van der Waals surface area contributed by atoms with Crippen molar-refractivity contribution in [2.75, 3.05) is 23.8 Å². The quantitative estimate of drug-likeness (QED) is 0.283. The summed E-state index contributed by atoms with van der Waals surface area (Å²) in [6.45, 7) is 1.05. The van der Waals surface area contributed by atoms with Crippen LogP contribution in [0.1, 0.15) is 10.5 Å². The molecule has 1 aliphatic heterocycles. The molecule has 0 radical (unpaired) electrons. The molecule has 0 bridgehead atoms. The Balaban J connectivity index is 1.25. The maximum atomic E-state index is 12.8. The smallest absolute Gasteiger partial charge is 0.272 e. The Morgan fingerprint density at radius 3 is 2.66 bits per heavy atom. The number of carbonyl (C=O) groups is 1. The zero-order chi connectivity index (χ0) is 27.8. The highest BCUT2D eigenvalue weighted by atomic mass is 16.6. The van der Waals surface area contributed by atoms with Crippen LogP contribution >= 0.6 is 0 Å². The molecule has 5 heterocycles. The van der Waals surface area contributed by atoms with Crippen LogP contribution in [-0.4, -0.2) is 43.3 Å². The highest BCUT2D eigenvalue weighted by Gasteiger charge is 2.19. The molecule has 0 atom stereocenters. The van der Waals surface area contributed by atoms with Crippen LogP contribution in [0.3, 0.4) is 0 Å². The van der Waals surface area contributed by atoms with Crippen LogP contribution < -0.4 is 20.1 Å². The van der Waals surface area contributed by atoms with E-state index in [2.05, 4.69) is 15.6 Å². The lowest BCUT2D eigenvalue weighted by Crippen LogP contribution is -2.15. The van der Waals surface area contributed by atoms with Crippen LogP contribution in [0.25, 0.3) is 28.0 Å². The third-order valence-corrected chi connectivity index (χ3v) is 6.82. The van der Waals surface area contributed by atoms with Gasteiger partial charge in [-0.3, -0.25) is 4.79 Å². The van der Waals surface area contributed by atoms with Gasteiger partial charge >= 0.3 is 0 Å². The number of nitrogens with zero attached hydrogens (tertiary/aromatic N) is 5. The molecular formula is C31H25N7O3. The summed E-state index contributed by atoms with van der Waals surface area (Å²) in [6.07, 6.45) is 5.46. The lowest BCUT2D eigenvalue weighted by molar-refractivity contribution is 0.101. The minimum atomic E-state index is -0.185. The fourth-order valence-electron chi connectivity index (χ4n) is 4.90. The second-order valence-electron chi connectivity index (χ2n) is 9.54. The van der Waals surface area contributed by atoms with Crippen molar-refractivity contribution in [1.82, 2.24) is 24.1 Å². The molecule has 0 saturated carbocycles. The first kappa shape index (κ1) is 24.4. The number of anilines is 3. The number of aryl methyl sites for hydroxylation is 1. The van der Waals surface area contributed by atoms with Gasteiger partial charge in [0.1, 0.15) is 24.6 Å². The van der Waals surface area contributed by atoms with Crippen LogP contribution in [0, 0.1) is 0 Å². The van der Waals surface area contributed by atoms with E-state index in [1.807, 2.05) is 96.8 Å². The van der Waals surface area contributed by atoms with Gasteiger partial charge in [0.25, 0.3) is 5.91 Å². The van der Waals surface area contributed by atoms with Crippen molar-refractivity contribution >= 4 is 28.7 Å². The third kappa shape index (κ3) is 4.71. The van der Waals surface area contributed by atoms with Crippen LogP contribution in [0.15, 0.2) is 97.5 Å². The number of rotatable bonds is 6. The van der Waals surface area contributed by atoms with E-state index in [1.54, 1.807) is 16.8 Å². The van der Waals surface area contributed by atoms with Gasteiger partial charge in [-0.2, -0.15) is 5.10 Å². The molecule has 4 aromatic heterocycles. The van der Waals surface area contributed by atoms with Gasteiger partial charge < -0.3 is 24.7 Å². The van der Waals surface area contributed by atoms with E-state index in [-0.39, 0.29) is 5.91 Å². The number of aromatic nitrogens is 5. The molecule has 0 saturated heterocycles. The first-order valence-corrected chi connectivity index (χ1v) is 13.1. The van der Waals surface area contributed by atoms with Gasteiger partial charge in [-0.1, -0.05) is 18.2 Å². The van der Waals surface area contributed by atoms with E-state index < -0.39 is 0 Å². The van der Waals surface area contributed by atoms with Gasteiger partial charge in [0.05, 0.1) is 16.8 Å². The van der Waals surface area contributed by atoms with Gasteiger partial charge in [-0.15, -0.1) is 0 Å². The Kier molecular flexibility index (Phi) is 6.05. The molecule has 2 aromatic carbocycles. The predicted molar refractivity (Wildman–Crippen MR) is 156 cm³/mol. The first-order chi connectivity index (χ1) is 20.1. The topological polar surface area (TPSA) is 108 Å². The van der Waals surface area contributed by atoms with Gasteiger partial charge in [-0.25, -0.2) is 14.5 Å². The largest absolute Gasteiger partial charge is 0.486 e. The van der Waals surface area contributed by atoms with Crippen molar-refractivity contribution < 1.29 is 14.3 Å². The maximum Gasteiger partial charge on any atom is 0.272 e. The summed E-state index contributed by atoms with van der Waals surface area (Å²) in [7, 11) is 1.84. The number of carbonyl (C=O) groups excluding carboxylic acids is 1. The van der Waals surface area contributed by atoms with E-state index in [9.17, 15) is 4.79 Å². The third-order valence-electron chi connectivity index (χ3n) is 6.82. The van der Waals surface area contributed by atoms with Crippen molar-refractivity contribution in [2.45, 2.75) is 0 Å². The lowest BCUT2D eigenvalue weighted by Gasteiger charge is -2.19. The summed E-state index contributed by atoms with van der Waals surface area (Å²) in [6, 6.07) is 24.7. The summed E-state index contributed by atoms with van der Waals surface area (Å²) < 4.78 is 15.0. The molecule has 202 valence electrons. The van der Waals surface area contributed by atoms with Crippen LogP contribution in [-0.2, 0) is 7.05 Å². The number of pyridine rings is 1. The second kappa shape index (κ2) is 10.2. The molecule has 0 spiro atoms. The van der Waals surface area contributed by atoms with E-state index in [4.69, 9.17) is 19.6 Å². The molecule has 6 aromatic rings. The van der Waals surface area contributed by atoms with E-state index in [0.717, 1.165) is 33.8 Å². The Bertz CT molecular complexity index is 1910. The molecule has 7 rings (SSSR count). The second-order valence-corrected chi connectivity index (χ2v) is 9.54. The Hall–Kier alpha value is -5.64. The Morgan fingerprint density at radius 2 is 1.78 bits per heavy atom. The van der Waals surface area contributed by atoms with Gasteiger partial charge in [0, 0.05) is 48.6 Å². The summed E-state index contributed by atoms with van der Waals surface area (Å²) in [5.41, 5.74) is 6.04. The minimum Gasteiger partial charge on any atom is -0.486 e. The lowest BCUT2D eigenvalue weighted by atomic mass is 10.0. The standard InChI is InChI=1S/C31H25N7O3/c1-37-14-5-9-25(37)30(39)33-21-7-4-6-20(18-21)29-28(24-8-2-3-15-38(24)36-29)23-12-13-32-31(35-23)34-22-10-11-26-27(19-22)41-17-16-40-26/h2-15,18-19H,16-17H2,1H3,(H,33,39)(H,32,34,35). The van der Waals surface area contributed by atoms with Crippen molar-refractivity contribution in [3.63, 3.8) is 0 Å². The van der Waals surface area contributed by atoms with Crippen LogP contribution in [0.5, 0.6) is 11.5 Å². The number of ether oxygens (including phenoxy) is 2. The summed E-state index contributed by atoms with van der Waals surface area (Å²) in [4.78, 5) is 22.1. The predicted octanol–water partition coefficient (Wildman–Crippen LogP) is 5.56. The van der Waals surface area contributed by atoms with E-state index in [1.165, 1.54) is 0 Å². The number of amides is 1.